The molecule has 1 saturated carbocycles. The van der Waals surface area contributed by atoms with Crippen molar-refractivity contribution in [1.82, 2.24) is 0 Å². The van der Waals surface area contributed by atoms with Crippen LogP contribution in [-0.2, 0) is 10.9 Å². The summed E-state index contributed by atoms with van der Waals surface area (Å²) in [6, 6.07) is 19.4. The van der Waals surface area contributed by atoms with Gasteiger partial charge in [-0.05, 0) is 86.3 Å². The molecule has 3 nitrogen and oxygen atoms in total. The van der Waals surface area contributed by atoms with Gasteiger partial charge in [-0.3, -0.25) is 0 Å². The topological polar surface area (TPSA) is 39.4 Å². The maximum atomic E-state index is 13.6. The lowest BCUT2D eigenvalue weighted by molar-refractivity contribution is 0.155. The molecule has 0 amide bonds. The van der Waals surface area contributed by atoms with Crippen molar-refractivity contribution >= 4 is 21.9 Å². The molecule has 1 fully saturated rings. The molecule has 5 rings (SSSR count). The number of hydrogen-bond acceptors (Lipinski definition) is 3. The lowest BCUT2D eigenvalue weighted by Crippen LogP contribution is -2.19. The predicted octanol–water partition coefficient (Wildman–Crippen LogP) is 6.88. The molecule has 0 spiro atoms. The molecule has 1 heterocycles. The third kappa shape index (κ3) is 4.81. The van der Waals surface area contributed by atoms with Crippen LogP contribution in [-0.4, -0.2) is 6.10 Å². The Bertz CT molecular complexity index is 1260. The van der Waals surface area contributed by atoms with Crippen LogP contribution in [0.3, 0.4) is 0 Å². The summed E-state index contributed by atoms with van der Waals surface area (Å²) in [5, 5.41) is 0.766. The number of halogens is 2. The van der Waals surface area contributed by atoms with Gasteiger partial charge >= 0.3 is 5.63 Å². The van der Waals surface area contributed by atoms with Crippen molar-refractivity contribution in [1.29, 1.82) is 0 Å². The van der Waals surface area contributed by atoms with E-state index in [9.17, 15) is 13.6 Å². The molecule has 168 valence electrons. The van der Waals surface area contributed by atoms with Gasteiger partial charge < -0.3 is 9.15 Å². The van der Waals surface area contributed by atoms with Crippen molar-refractivity contribution in [2.45, 2.75) is 52.9 Å². The predicted molar refractivity (Wildman–Crippen MR) is 125 cm³/mol. The zero-order valence-corrected chi connectivity index (χ0v) is 18.7. The van der Waals surface area contributed by atoms with E-state index in [-0.39, 0.29) is 17.7 Å². The van der Waals surface area contributed by atoms with Crippen LogP contribution in [0.1, 0.15) is 32.1 Å². The van der Waals surface area contributed by atoms with E-state index in [1.807, 2.05) is 12.1 Å². The van der Waals surface area contributed by atoms with Crippen LogP contribution in [0.4, 0.5) is 8.78 Å². The van der Waals surface area contributed by atoms with Crippen molar-refractivity contribution in [2.75, 3.05) is 0 Å². The molecular formula is C27H23F2O3S+. The smallest absolute Gasteiger partial charge is 0.393 e. The minimum absolute atomic E-state index is 0.199. The molecule has 0 N–H and O–H groups in total. The summed E-state index contributed by atoms with van der Waals surface area (Å²) < 4.78 is 39.0. The van der Waals surface area contributed by atoms with Crippen molar-refractivity contribution in [2.24, 2.45) is 0 Å². The van der Waals surface area contributed by atoms with E-state index in [2.05, 4.69) is 0 Å². The first-order valence-electron chi connectivity index (χ1n) is 11.1. The zero-order valence-electron chi connectivity index (χ0n) is 17.9. The number of fused-ring (bicyclic) bond motifs is 1. The third-order valence-corrected chi connectivity index (χ3v) is 8.06. The zero-order chi connectivity index (χ0) is 22.8. The normalized spacial score (nSPS) is 14.6. The number of ether oxygens (including phenoxy) is 1. The van der Waals surface area contributed by atoms with E-state index >= 15 is 0 Å². The molecule has 0 unspecified atom stereocenters. The van der Waals surface area contributed by atoms with Gasteiger partial charge in [-0.2, -0.15) is 0 Å². The van der Waals surface area contributed by atoms with Crippen LogP contribution in [0.15, 0.2) is 96.7 Å². The van der Waals surface area contributed by atoms with Gasteiger partial charge in [0, 0.05) is 17.5 Å². The second-order valence-electron chi connectivity index (χ2n) is 8.19. The van der Waals surface area contributed by atoms with E-state index in [1.54, 1.807) is 36.4 Å². The molecule has 1 aliphatic carbocycles. The van der Waals surface area contributed by atoms with Crippen LogP contribution >= 0.6 is 0 Å². The molecule has 6 heteroatoms. The molecule has 4 aromatic rings. The SMILES string of the molecule is O=c1oc2cc(OC3CCCCC3)ccc2cc1[S+](c1ccc(F)cc1)c1ccc(F)cc1. The van der Waals surface area contributed by atoms with Gasteiger partial charge in [0.05, 0.1) is 6.10 Å². The first-order valence-corrected chi connectivity index (χ1v) is 12.3. The Labute approximate surface area is 193 Å². The fourth-order valence-electron chi connectivity index (χ4n) is 4.20. The lowest BCUT2D eigenvalue weighted by atomic mass is 9.98. The van der Waals surface area contributed by atoms with Gasteiger partial charge in [-0.1, -0.05) is 6.42 Å². The quantitative estimate of drug-likeness (QED) is 0.238. The van der Waals surface area contributed by atoms with E-state index in [1.165, 1.54) is 43.5 Å². The summed E-state index contributed by atoms with van der Waals surface area (Å²) in [7, 11) is -0.881. The van der Waals surface area contributed by atoms with Crippen LogP contribution in [0, 0.1) is 11.6 Å². The van der Waals surface area contributed by atoms with E-state index in [4.69, 9.17) is 9.15 Å². The highest BCUT2D eigenvalue weighted by Gasteiger charge is 2.33. The molecule has 1 aromatic heterocycles. The summed E-state index contributed by atoms with van der Waals surface area (Å²) in [4.78, 5) is 15.0. The van der Waals surface area contributed by atoms with Crippen LogP contribution in [0.2, 0.25) is 0 Å². The highest BCUT2D eigenvalue weighted by molar-refractivity contribution is 7.97. The lowest BCUT2D eigenvalue weighted by Gasteiger charge is -2.23. The van der Waals surface area contributed by atoms with E-state index in [0.29, 0.717) is 16.2 Å². The largest absolute Gasteiger partial charge is 0.490 e. The molecule has 0 atom stereocenters. The fourth-order valence-corrected chi connectivity index (χ4v) is 6.24. The van der Waals surface area contributed by atoms with Gasteiger partial charge in [0.15, 0.2) is 9.79 Å². The third-order valence-electron chi connectivity index (χ3n) is 5.85. The average Bonchev–Trinajstić information content (AvgIpc) is 2.83. The molecule has 0 saturated heterocycles. The maximum absolute atomic E-state index is 13.6. The monoisotopic (exact) mass is 465 g/mol. The summed E-state index contributed by atoms with van der Waals surface area (Å²) in [5.41, 5.74) is -0.0203. The van der Waals surface area contributed by atoms with Crippen LogP contribution < -0.4 is 10.4 Å². The van der Waals surface area contributed by atoms with Gasteiger partial charge in [-0.25, -0.2) is 13.6 Å². The standard InChI is InChI=1S/C27H23F2O3S/c28-19-7-12-23(13-8-19)33(24-14-9-20(29)10-15-24)26-16-18-6-11-22(17-25(18)32-27(26)30)31-21-4-2-1-3-5-21/h6-17,21H,1-5H2/q+1. The van der Waals surface area contributed by atoms with Gasteiger partial charge in [0.2, 0.25) is 0 Å². The van der Waals surface area contributed by atoms with Crippen LogP contribution in [0.5, 0.6) is 5.75 Å². The Morgan fingerprint density at radius 3 is 2.00 bits per heavy atom. The summed E-state index contributed by atoms with van der Waals surface area (Å²) in [6.07, 6.45) is 5.87. The summed E-state index contributed by atoms with van der Waals surface area (Å²) in [5.74, 6) is -0.0312. The number of rotatable bonds is 5. The van der Waals surface area contributed by atoms with Crippen molar-refractivity contribution in [3.8, 4) is 5.75 Å². The first kappa shape index (κ1) is 21.7. The molecule has 1 aliphatic rings. The van der Waals surface area contributed by atoms with Crippen molar-refractivity contribution in [3.05, 3.63) is 94.9 Å². The summed E-state index contributed by atoms with van der Waals surface area (Å²) in [6.45, 7) is 0. The maximum Gasteiger partial charge on any atom is 0.393 e. The van der Waals surface area contributed by atoms with Crippen molar-refractivity contribution < 1.29 is 17.9 Å². The minimum atomic E-state index is -0.881. The average molecular weight is 466 g/mol. The van der Waals surface area contributed by atoms with Gasteiger partial charge in [-0.15, -0.1) is 0 Å². The fraction of sp³-hybridized carbons (Fsp3) is 0.222. The number of hydrogen-bond donors (Lipinski definition) is 0. The Kier molecular flexibility index (Phi) is 6.18. The highest BCUT2D eigenvalue weighted by atomic mass is 32.2. The van der Waals surface area contributed by atoms with Crippen molar-refractivity contribution in [3.63, 3.8) is 0 Å². The number of benzene rings is 3. The van der Waals surface area contributed by atoms with E-state index < -0.39 is 16.5 Å². The first-order chi connectivity index (χ1) is 16.1. The van der Waals surface area contributed by atoms with Gasteiger partial charge in [0.1, 0.15) is 33.9 Å². The second kappa shape index (κ2) is 9.40. The van der Waals surface area contributed by atoms with Gasteiger partial charge in [0.25, 0.3) is 4.90 Å². The molecule has 0 radical (unpaired) electrons. The Morgan fingerprint density at radius 2 is 1.39 bits per heavy atom. The molecule has 0 aliphatic heterocycles. The van der Waals surface area contributed by atoms with E-state index in [0.717, 1.165) is 28.0 Å². The van der Waals surface area contributed by atoms with Crippen LogP contribution in [0.25, 0.3) is 11.0 Å². The Balaban J connectivity index is 1.55. The Hall–Kier alpha value is -3.12. The molecule has 33 heavy (non-hydrogen) atoms. The minimum Gasteiger partial charge on any atom is -0.490 e. The second-order valence-corrected chi connectivity index (χ2v) is 10.2. The molecule has 3 aromatic carbocycles. The molecular weight excluding hydrogens is 442 g/mol. The highest BCUT2D eigenvalue weighted by Crippen LogP contribution is 2.32. The Morgan fingerprint density at radius 1 is 0.788 bits per heavy atom. The summed E-state index contributed by atoms with van der Waals surface area (Å²) >= 11 is 0. The molecule has 0 bridgehead atoms.